The maximum absolute atomic E-state index is 14.1. The third-order valence-corrected chi connectivity index (χ3v) is 10.2. The van der Waals surface area contributed by atoms with Gasteiger partial charge in [0.1, 0.15) is 18.3 Å². The monoisotopic (exact) mass is 665 g/mol. The van der Waals surface area contributed by atoms with Gasteiger partial charge in [0.2, 0.25) is 11.8 Å². The third kappa shape index (κ3) is 8.35. The van der Waals surface area contributed by atoms with Crippen LogP contribution >= 0.6 is 34.8 Å². The van der Waals surface area contributed by atoms with E-state index >= 15 is 0 Å². The van der Waals surface area contributed by atoms with Gasteiger partial charge in [0.15, 0.2) is 0 Å². The van der Waals surface area contributed by atoms with E-state index < -0.39 is 28.5 Å². The number of benzene rings is 3. The van der Waals surface area contributed by atoms with E-state index in [0.29, 0.717) is 26.4 Å². The first kappa shape index (κ1) is 32.9. The van der Waals surface area contributed by atoms with Crippen molar-refractivity contribution in [3.8, 4) is 5.75 Å². The molecule has 0 heterocycles. The Bertz CT molecular complexity index is 1550. The number of methoxy groups -OCH3 is 1. The van der Waals surface area contributed by atoms with E-state index in [0.717, 1.165) is 36.4 Å². The molecule has 230 valence electrons. The van der Waals surface area contributed by atoms with E-state index in [9.17, 15) is 18.0 Å². The fourth-order valence-electron chi connectivity index (χ4n) is 5.02. The van der Waals surface area contributed by atoms with Crippen LogP contribution in [-0.2, 0) is 26.2 Å². The van der Waals surface area contributed by atoms with Gasteiger partial charge in [-0.15, -0.1) is 0 Å². The number of hydrogen-bond donors (Lipinski definition) is 1. The Morgan fingerprint density at radius 3 is 2.28 bits per heavy atom. The summed E-state index contributed by atoms with van der Waals surface area (Å²) >= 11 is 18.6. The van der Waals surface area contributed by atoms with E-state index in [4.69, 9.17) is 39.5 Å². The summed E-state index contributed by atoms with van der Waals surface area (Å²) in [6, 6.07) is 16.2. The number of anilines is 1. The minimum Gasteiger partial charge on any atom is -0.497 e. The molecule has 0 saturated heterocycles. The van der Waals surface area contributed by atoms with Gasteiger partial charge in [-0.2, -0.15) is 0 Å². The highest BCUT2D eigenvalue weighted by molar-refractivity contribution is 7.92. The molecule has 1 aliphatic rings. The number of rotatable bonds is 11. The Morgan fingerprint density at radius 1 is 0.953 bits per heavy atom. The van der Waals surface area contributed by atoms with E-state index in [1.807, 2.05) is 0 Å². The van der Waals surface area contributed by atoms with E-state index in [1.54, 1.807) is 43.3 Å². The summed E-state index contributed by atoms with van der Waals surface area (Å²) in [5.41, 5.74) is 0.831. The van der Waals surface area contributed by atoms with Crippen LogP contribution in [0.2, 0.25) is 15.1 Å². The van der Waals surface area contributed by atoms with E-state index in [2.05, 4.69) is 5.32 Å². The summed E-state index contributed by atoms with van der Waals surface area (Å²) in [6.07, 6.45) is 4.95. The van der Waals surface area contributed by atoms with E-state index in [1.165, 1.54) is 42.3 Å². The van der Waals surface area contributed by atoms with E-state index in [-0.39, 0.29) is 29.1 Å². The van der Waals surface area contributed by atoms with Crippen LogP contribution in [0.25, 0.3) is 0 Å². The number of sulfonamides is 1. The third-order valence-electron chi connectivity index (χ3n) is 7.48. The average Bonchev–Trinajstić information content (AvgIpc) is 3.00. The molecule has 0 spiro atoms. The summed E-state index contributed by atoms with van der Waals surface area (Å²) in [5, 5.41) is 4.03. The van der Waals surface area contributed by atoms with Crippen LogP contribution in [0.1, 0.15) is 44.6 Å². The molecule has 8 nitrogen and oxygen atoms in total. The fraction of sp³-hybridized carbons (Fsp3) is 0.355. The van der Waals surface area contributed by atoms with Crippen LogP contribution in [0.5, 0.6) is 5.75 Å². The van der Waals surface area contributed by atoms with Gasteiger partial charge >= 0.3 is 0 Å². The molecule has 1 unspecified atom stereocenters. The van der Waals surface area contributed by atoms with Crippen LogP contribution in [0.3, 0.4) is 0 Å². The van der Waals surface area contributed by atoms with Crippen molar-refractivity contribution < 1.29 is 22.7 Å². The molecule has 0 aliphatic heterocycles. The number of halogens is 3. The summed E-state index contributed by atoms with van der Waals surface area (Å²) in [7, 11) is -2.77. The minimum atomic E-state index is -4.25. The molecule has 1 fully saturated rings. The van der Waals surface area contributed by atoms with Crippen molar-refractivity contribution in [1.29, 1.82) is 0 Å². The molecule has 0 aromatic heterocycles. The van der Waals surface area contributed by atoms with Crippen LogP contribution in [0, 0.1) is 0 Å². The highest BCUT2D eigenvalue weighted by Crippen LogP contribution is 2.29. The molecular weight excluding hydrogens is 633 g/mol. The maximum atomic E-state index is 14.1. The fourth-order valence-corrected chi connectivity index (χ4v) is 6.93. The maximum Gasteiger partial charge on any atom is 0.264 e. The zero-order chi connectivity index (χ0) is 31.1. The number of carbonyl (C=O) groups excluding carboxylic acids is 2. The second kappa shape index (κ2) is 14.7. The largest absolute Gasteiger partial charge is 0.497 e. The molecule has 2 amide bonds. The van der Waals surface area contributed by atoms with Crippen LogP contribution in [0.15, 0.2) is 71.6 Å². The smallest absolute Gasteiger partial charge is 0.264 e. The first-order valence-electron chi connectivity index (χ1n) is 14.0. The Balaban J connectivity index is 1.69. The van der Waals surface area contributed by atoms with Crippen molar-refractivity contribution >= 4 is 62.3 Å². The molecule has 1 N–H and O–H groups in total. The van der Waals surface area contributed by atoms with Crippen molar-refractivity contribution in [2.45, 2.75) is 62.6 Å². The summed E-state index contributed by atoms with van der Waals surface area (Å²) < 4.78 is 34.1. The van der Waals surface area contributed by atoms with Crippen molar-refractivity contribution in [3.63, 3.8) is 0 Å². The van der Waals surface area contributed by atoms with Gasteiger partial charge in [0, 0.05) is 17.6 Å². The molecule has 3 aromatic rings. The van der Waals surface area contributed by atoms with Crippen molar-refractivity contribution in [2.24, 2.45) is 0 Å². The lowest BCUT2D eigenvalue weighted by Gasteiger charge is -2.33. The lowest BCUT2D eigenvalue weighted by Crippen LogP contribution is -2.53. The summed E-state index contributed by atoms with van der Waals surface area (Å²) in [5.74, 6) is -0.419. The second-order valence-corrected chi connectivity index (χ2v) is 13.6. The van der Waals surface area contributed by atoms with Crippen molar-refractivity contribution in [2.75, 3.05) is 18.0 Å². The Hall–Kier alpha value is -2.98. The lowest BCUT2D eigenvalue weighted by molar-refractivity contribution is -0.139. The minimum absolute atomic E-state index is 0.000937. The van der Waals surface area contributed by atoms with Crippen LogP contribution in [0.4, 0.5) is 5.69 Å². The van der Waals surface area contributed by atoms with Gasteiger partial charge in [-0.25, -0.2) is 8.42 Å². The molecule has 4 rings (SSSR count). The van der Waals surface area contributed by atoms with Crippen molar-refractivity contribution in [3.05, 3.63) is 87.4 Å². The standard InChI is InChI=1S/C31H34Cl3N3O5S/c1-21(31(39)35-24-8-4-3-5-9-24)36(19-22-11-16-28(33)29(34)17-22)30(38)20-37(25-10-6-7-23(32)18-25)43(40,41)27-14-12-26(42-2)13-15-27/h6-7,10-18,21,24H,3-5,8-9,19-20H2,1-2H3,(H,35,39). The number of amides is 2. The van der Waals surface area contributed by atoms with Crippen LogP contribution < -0.4 is 14.4 Å². The van der Waals surface area contributed by atoms with Gasteiger partial charge in [-0.05, 0) is 79.9 Å². The zero-order valence-electron chi connectivity index (χ0n) is 23.9. The molecule has 0 radical (unpaired) electrons. The normalized spacial score (nSPS) is 14.5. The topological polar surface area (TPSA) is 96.0 Å². The number of carbonyl (C=O) groups is 2. The number of nitrogens with zero attached hydrogens (tertiary/aromatic N) is 2. The molecular formula is C31H34Cl3N3O5S. The highest BCUT2D eigenvalue weighted by atomic mass is 35.5. The predicted molar refractivity (Wildman–Crippen MR) is 170 cm³/mol. The highest BCUT2D eigenvalue weighted by Gasteiger charge is 2.33. The SMILES string of the molecule is COc1ccc(S(=O)(=O)N(CC(=O)N(Cc2ccc(Cl)c(Cl)c2)C(C)C(=O)NC2CCCCC2)c2cccc(Cl)c2)cc1. The molecule has 0 bridgehead atoms. The first-order valence-corrected chi connectivity index (χ1v) is 16.5. The van der Waals surface area contributed by atoms with Gasteiger partial charge < -0.3 is 15.0 Å². The molecule has 12 heteroatoms. The number of nitrogens with one attached hydrogen (secondary N) is 1. The predicted octanol–water partition coefficient (Wildman–Crippen LogP) is 6.72. The molecule has 43 heavy (non-hydrogen) atoms. The van der Waals surface area contributed by atoms with Gasteiger partial charge in [-0.1, -0.05) is 66.2 Å². The Labute approximate surface area is 267 Å². The van der Waals surface area contributed by atoms with Crippen LogP contribution in [-0.4, -0.2) is 50.9 Å². The number of ether oxygens (including phenoxy) is 1. The molecule has 1 saturated carbocycles. The summed E-state index contributed by atoms with van der Waals surface area (Å²) in [6.45, 7) is 1.05. The van der Waals surface area contributed by atoms with Gasteiger partial charge in [0.25, 0.3) is 10.0 Å². The van der Waals surface area contributed by atoms with Crippen molar-refractivity contribution in [1.82, 2.24) is 10.2 Å². The van der Waals surface area contributed by atoms with Gasteiger partial charge in [0.05, 0.1) is 27.7 Å². The lowest BCUT2D eigenvalue weighted by atomic mass is 9.95. The zero-order valence-corrected chi connectivity index (χ0v) is 27.0. The number of hydrogen-bond acceptors (Lipinski definition) is 5. The molecule has 3 aromatic carbocycles. The molecule has 1 atom stereocenters. The second-order valence-electron chi connectivity index (χ2n) is 10.5. The Morgan fingerprint density at radius 2 is 1.65 bits per heavy atom. The quantitative estimate of drug-likeness (QED) is 0.245. The van der Waals surface area contributed by atoms with Gasteiger partial charge in [-0.3, -0.25) is 13.9 Å². The average molecular weight is 667 g/mol. The summed E-state index contributed by atoms with van der Waals surface area (Å²) in [4.78, 5) is 28.9. The Kier molecular flexibility index (Phi) is 11.2. The molecule has 1 aliphatic carbocycles. The first-order chi connectivity index (χ1) is 20.5.